The van der Waals surface area contributed by atoms with Crippen LogP contribution < -0.4 is 0 Å². The molecular formula is C12H22O. The summed E-state index contributed by atoms with van der Waals surface area (Å²) in [4.78, 5) is 0. The van der Waals surface area contributed by atoms with Gasteiger partial charge >= 0.3 is 0 Å². The Morgan fingerprint density at radius 3 is 2.54 bits per heavy atom. The van der Waals surface area contributed by atoms with E-state index in [1.165, 1.54) is 5.57 Å². The fourth-order valence-corrected chi connectivity index (χ4v) is 2.15. The highest BCUT2D eigenvalue weighted by atomic mass is 16.3. The Morgan fingerprint density at radius 2 is 2.00 bits per heavy atom. The first-order valence-electron chi connectivity index (χ1n) is 5.25. The summed E-state index contributed by atoms with van der Waals surface area (Å²) >= 11 is 0. The molecule has 76 valence electrons. The lowest BCUT2D eigenvalue weighted by atomic mass is 9.67. The van der Waals surface area contributed by atoms with Gasteiger partial charge in [0.15, 0.2) is 0 Å². The summed E-state index contributed by atoms with van der Waals surface area (Å²) < 4.78 is 0. The van der Waals surface area contributed by atoms with E-state index < -0.39 is 0 Å². The molecule has 1 aliphatic rings. The molecule has 1 aliphatic carbocycles. The van der Waals surface area contributed by atoms with Crippen LogP contribution in [0.1, 0.15) is 47.0 Å². The van der Waals surface area contributed by atoms with Crippen LogP contribution in [-0.4, -0.2) is 11.2 Å². The van der Waals surface area contributed by atoms with Gasteiger partial charge < -0.3 is 5.11 Å². The van der Waals surface area contributed by atoms with Crippen LogP contribution in [-0.2, 0) is 0 Å². The minimum atomic E-state index is -0.0753. The van der Waals surface area contributed by atoms with Crippen molar-refractivity contribution in [2.45, 2.75) is 53.1 Å². The molecule has 0 aromatic heterocycles. The zero-order valence-electron chi connectivity index (χ0n) is 9.30. The molecule has 0 saturated heterocycles. The van der Waals surface area contributed by atoms with Crippen molar-refractivity contribution in [2.24, 2.45) is 11.3 Å². The lowest BCUT2D eigenvalue weighted by Gasteiger charge is -2.39. The molecular weight excluding hydrogens is 160 g/mol. The molecule has 0 heterocycles. The monoisotopic (exact) mass is 182 g/mol. The van der Waals surface area contributed by atoms with Gasteiger partial charge in [-0.15, -0.1) is 0 Å². The van der Waals surface area contributed by atoms with Crippen LogP contribution in [0.4, 0.5) is 0 Å². The van der Waals surface area contributed by atoms with E-state index in [4.69, 9.17) is 0 Å². The topological polar surface area (TPSA) is 20.2 Å². The molecule has 1 heteroatoms. The van der Waals surface area contributed by atoms with Crippen molar-refractivity contribution >= 4 is 0 Å². The van der Waals surface area contributed by atoms with Crippen LogP contribution in [0.3, 0.4) is 0 Å². The fourth-order valence-electron chi connectivity index (χ4n) is 2.15. The van der Waals surface area contributed by atoms with Gasteiger partial charge in [0.05, 0.1) is 6.10 Å². The Balaban J connectivity index is 2.72. The number of allylic oxidation sites excluding steroid dienone is 2. The van der Waals surface area contributed by atoms with E-state index in [1.54, 1.807) is 0 Å². The molecule has 0 spiro atoms. The number of aliphatic hydroxyl groups is 1. The van der Waals surface area contributed by atoms with Crippen molar-refractivity contribution < 1.29 is 5.11 Å². The molecule has 0 bridgehead atoms. The van der Waals surface area contributed by atoms with Crippen molar-refractivity contribution in [3.05, 3.63) is 11.6 Å². The summed E-state index contributed by atoms with van der Waals surface area (Å²) in [6.07, 6.45) is 5.30. The second-order valence-corrected chi connectivity index (χ2v) is 5.27. The Labute approximate surface area is 81.9 Å². The molecule has 0 aromatic carbocycles. The SMILES string of the molecule is CC(C)=CC1CC(O)CCC1(C)C. The van der Waals surface area contributed by atoms with Crippen molar-refractivity contribution in [2.75, 3.05) is 0 Å². The van der Waals surface area contributed by atoms with Crippen LogP contribution in [0.2, 0.25) is 0 Å². The number of rotatable bonds is 1. The number of hydrogen-bond acceptors (Lipinski definition) is 1. The maximum atomic E-state index is 9.60. The van der Waals surface area contributed by atoms with Crippen LogP contribution >= 0.6 is 0 Å². The largest absolute Gasteiger partial charge is 0.393 e. The number of aliphatic hydroxyl groups excluding tert-OH is 1. The average Bonchev–Trinajstić information content (AvgIpc) is 1.97. The summed E-state index contributed by atoms with van der Waals surface area (Å²) in [5.41, 5.74) is 1.74. The third-order valence-corrected chi connectivity index (χ3v) is 3.19. The molecule has 1 fully saturated rings. The average molecular weight is 182 g/mol. The van der Waals surface area contributed by atoms with Gasteiger partial charge in [-0.2, -0.15) is 0 Å². The van der Waals surface area contributed by atoms with E-state index in [-0.39, 0.29) is 6.10 Å². The maximum Gasteiger partial charge on any atom is 0.0546 e. The van der Waals surface area contributed by atoms with Gasteiger partial charge in [-0.3, -0.25) is 0 Å². The van der Waals surface area contributed by atoms with Gasteiger partial charge in [0.1, 0.15) is 0 Å². The highest BCUT2D eigenvalue weighted by molar-refractivity contribution is 5.04. The molecule has 2 atom stereocenters. The maximum absolute atomic E-state index is 9.60. The molecule has 2 unspecified atom stereocenters. The molecule has 1 saturated carbocycles. The lowest BCUT2D eigenvalue weighted by Crippen LogP contribution is -2.33. The summed E-state index contributed by atoms with van der Waals surface area (Å²) in [6.45, 7) is 8.89. The van der Waals surface area contributed by atoms with E-state index in [2.05, 4.69) is 33.8 Å². The fraction of sp³-hybridized carbons (Fsp3) is 0.833. The quantitative estimate of drug-likeness (QED) is 0.618. The Morgan fingerprint density at radius 1 is 1.38 bits per heavy atom. The van der Waals surface area contributed by atoms with Crippen LogP contribution in [0.5, 0.6) is 0 Å². The molecule has 1 nitrogen and oxygen atoms in total. The molecule has 0 amide bonds. The zero-order chi connectivity index (χ0) is 10.1. The highest BCUT2D eigenvalue weighted by Gasteiger charge is 2.34. The van der Waals surface area contributed by atoms with Crippen molar-refractivity contribution in [1.82, 2.24) is 0 Å². The minimum Gasteiger partial charge on any atom is -0.393 e. The zero-order valence-corrected chi connectivity index (χ0v) is 9.30. The molecule has 0 aromatic rings. The summed E-state index contributed by atoms with van der Waals surface area (Å²) in [5, 5.41) is 9.60. The van der Waals surface area contributed by atoms with E-state index in [9.17, 15) is 5.11 Å². The van der Waals surface area contributed by atoms with Crippen LogP contribution in [0, 0.1) is 11.3 Å². The Kier molecular flexibility index (Phi) is 3.18. The van der Waals surface area contributed by atoms with Gasteiger partial charge in [0, 0.05) is 0 Å². The predicted octanol–water partition coefficient (Wildman–Crippen LogP) is 3.14. The van der Waals surface area contributed by atoms with Gasteiger partial charge in [0.2, 0.25) is 0 Å². The van der Waals surface area contributed by atoms with Crippen LogP contribution in [0.25, 0.3) is 0 Å². The third kappa shape index (κ3) is 2.84. The summed E-state index contributed by atoms with van der Waals surface area (Å²) in [5.74, 6) is 0.557. The Hall–Kier alpha value is -0.300. The van der Waals surface area contributed by atoms with Crippen molar-refractivity contribution in [3.8, 4) is 0 Å². The van der Waals surface area contributed by atoms with Crippen LogP contribution in [0.15, 0.2) is 11.6 Å². The molecule has 1 rings (SSSR count). The summed E-state index contributed by atoms with van der Waals surface area (Å²) in [6, 6.07) is 0. The summed E-state index contributed by atoms with van der Waals surface area (Å²) in [7, 11) is 0. The first kappa shape index (κ1) is 10.8. The minimum absolute atomic E-state index is 0.0753. The predicted molar refractivity (Wildman–Crippen MR) is 56.6 cm³/mol. The van der Waals surface area contributed by atoms with Crippen molar-refractivity contribution in [3.63, 3.8) is 0 Å². The van der Waals surface area contributed by atoms with E-state index in [0.29, 0.717) is 11.3 Å². The molecule has 13 heavy (non-hydrogen) atoms. The first-order valence-corrected chi connectivity index (χ1v) is 5.25. The van der Waals surface area contributed by atoms with Gasteiger partial charge in [-0.1, -0.05) is 25.5 Å². The first-order chi connectivity index (χ1) is 5.92. The van der Waals surface area contributed by atoms with Gasteiger partial charge in [0.25, 0.3) is 0 Å². The number of hydrogen-bond donors (Lipinski definition) is 1. The second-order valence-electron chi connectivity index (χ2n) is 5.27. The molecule has 0 aliphatic heterocycles. The third-order valence-electron chi connectivity index (χ3n) is 3.19. The molecule has 0 radical (unpaired) electrons. The smallest absolute Gasteiger partial charge is 0.0546 e. The van der Waals surface area contributed by atoms with E-state index in [1.807, 2.05) is 0 Å². The van der Waals surface area contributed by atoms with E-state index >= 15 is 0 Å². The second kappa shape index (κ2) is 3.83. The van der Waals surface area contributed by atoms with Gasteiger partial charge in [-0.05, 0) is 44.4 Å². The van der Waals surface area contributed by atoms with E-state index in [0.717, 1.165) is 19.3 Å². The van der Waals surface area contributed by atoms with Crippen molar-refractivity contribution in [1.29, 1.82) is 0 Å². The Bertz CT molecular complexity index is 199. The lowest BCUT2D eigenvalue weighted by molar-refractivity contribution is 0.0482. The normalized spacial score (nSPS) is 32.7. The standard InChI is InChI=1S/C12H22O/c1-9(2)7-10-8-11(13)5-6-12(10,3)4/h7,10-11,13H,5-6,8H2,1-4H3. The highest BCUT2D eigenvalue weighted by Crippen LogP contribution is 2.41. The van der Waals surface area contributed by atoms with Gasteiger partial charge in [-0.25, -0.2) is 0 Å². The molecule has 1 N–H and O–H groups in total.